The molecule has 1 saturated heterocycles. The third-order valence-electron chi connectivity index (χ3n) is 4.71. The van der Waals surface area contributed by atoms with Crippen LogP contribution < -0.4 is 9.64 Å². The molecule has 0 radical (unpaired) electrons. The average Bonchev–Trinajstić information content (AvgIpc) is 3.09. The smallest absolute Gasteiger partial charge is 0.371 e. The van der Waals surface area contributed by atoms with Gasteiger partial charge in [-0.3, -0.25) is 0 Å². The van der Waals surface area contributed by atoms with Gasteiger partial charge in [0, 0.05) is 42.4 Å². The third-order valence-corrected chi connectivity index (χ3v) is 5.78. The number of carbonyl (C=O) groups is 1. The van der Waals surface area contributed by atoms with Gasteiger partial charge < -0.3 is 19.2 Å². The van der Waals surface area contributed by atoms with Gasteiger partial charge in [-0.1, -0.05) is 17.7 Å². The van der Waals surface area contributed by atoms with Crippen LogP contribution in [0.1, 0.15) is 23.4 Å². The highest BCUT2D eigenvalue weighted by Crippen LogP contribution is 2.37. The van der Waals surface area contributed by atoms with E-state index in [1.54, 1.807) is 6.07 Å². The van der Waals surface area contributed by atoms with E-state index in [-0.39, 0.29) is 11.9 Å². The number of carboxylic acid groups (broad SMARTS) is 1. The van der Waals surface area contributed by atoms with Crippen molar-refractivity contribution in [3.8, 4) is 5.75 Å². The summed E-state index contributed by atoms with van der Waals surface area (Å²) in [5.74, 6) is -0.335. The molecule has 0 bridgehead atoms. The molecule has 27 heavy (non-hydrogen) atoms. The number of carboxylic acids is 1. The molecule has 2 heterocycles. The average molecular weight is 451 g/mol. The van der Waals surface area contributed by atoms with E-state index in [1.807, 2.05) is 36.4 Å². The summed E-state index contributed by atoms with van der Waals surface area (Å²) in [5.41, 5.74) is 1.59. The molecule has 3 aromatic rings. The number of halogens is 2. The van der Waals surface area contributed by atoms with Crippen molar-refractivity contribution in [2.75, 3.05) is 18.0 Å². The Balaban J connectivity index is 1.47. The van der Waals surface area contributed by atoms with Gasteiger partial charge in [-0.05, 0) is 46.3 Å². The fourth-order valence-corrected chi connectivity index (χ4v) is 4.24. The monoisotopic (exact) mass is 449 g/mol. The van der Waals surface area contributed by atoms with Crippen LogP contribution in [0, 0.1) is 0 Å². The number of benzene rings is 2. The number of anilines is 1. The number of hydrogen-bond acceptors (Lipinski definition) is 4. The minimum Gasteiger partial charge on any atom is -0.490 e. The summed E-state index contributed by atoms with van der Waals surface area (Å²) in [4.78, 5) is 13.4. The zero-order valence-corrected chi connectivity index (χ0v) is 16.7. The fourth-order valence-electron chi connectivity index (χ4n) is 3.36. The van der Waals surface area contributed by atoms with Crippen LogP contribution in [0.5, 0.6) is 5.75 Å². The van der Waals surface area contributed by atoms with Gasteiger partial charge in [0.05, 0.1) is 10.2 Å². The largest absolute Gasteiger partial charge is 0.490 e. The Kier molecular flexibility index (Phi) is 5.02. The molecule has 5 nitrogen and oxygen atoms in total. The predicted molar refractivity (Wildman–Crippen MR) is 108 cm³/mol. The molecule has 7 heteroatoms. The van der Waals surface area contributed by atoms with Gasteiger partial charge in [-0.2, -0.15) is 0 Å². The zero-order chi connectivity index (χ0) is 19.0. The topological polar surface area (TPSA) is 62.9 Å². The lowest BCUT2D eigenvalue weighted by Crippen LogP contribution is -2.38. The van der Waals surface area contributed by atoms with Gasteiger partial charge >= 0.3 is 5.97 Å². The fraction of sp³-hybridized carbons (Fsp3) is 0.250. The van der Waals surface area contributed by atoms with E-state index >= 15 is 0 Å². The van der Waals surface area contributed by atoms with Crippen LogP contribution in [0.4, 0.5) is 5.69 Å². The zero-order valence-electron chi connectivity index (χ0n) is 14.3. The van der Waals surface area contributed by atoms with E-state index in [0.717, 1.165) is 47.2 Å². The first-order chi connectivity index (χ1) is 13.0. The quantitative estimate of drug-likeness (QED) is 0.561. The number of piperidine rings is 1. The molecule has 0 aliphatic carbocycles. The Morgan fingerprint density at radius 3 is 2.70 bits per heavy atom. The van der Waals surface area contributed by atoms with Crippen molar-refractivity contribution >= 4 is 50.2 Å². The van der Waals surface area contributed by atoms with Gasteiger partial charge in [-0.25, -0.2) is 4.79 Å². The summed E-state index contributed by atoms with van der Waals surface area (Å²) in [5, 5.41) is 10.6. The summed E-state index contributed by atoms with van der Waals surface area (Å²) in [6.07, 6.45) is 1.93. The molecule has 0 saturated carbocycles. The number of fused-ring (bicyclic) bond motifs is 1. The van der Waals surface area contributed by atoms with Crippen LogP contribution in [-0.4, -0.2) is 30.3 Å². The van der Waals surface area contributed by atoms with Crippen molar-refractivity contribution in [3.05, 3.63) is 57.7 Å². The SMILES string of the molecule is O=C(O)c1cc2c(Br)c(N3CCC(Oc4cccc(Cl)c4)CC3)ccc2o1. The third kappa shape index (κ3) is 3.77. The maximum absolute atomic E-state index is 11.1. The Morgan fingerprint density at radius 2 is 2.00 bits per heavy atom. The van der Waals surface area contributed by atoms with Crippen molar-refractivity contribution in [2.45, 2.75) is 18.9 Å². The molecular weight excluding hydrogens is 434 g/mol. The van der Waals surface area contributed by atoms with Crippen molar-refractivity contribution in [3.63, 3.8) is 0 Å². The van der Waals surface area contributed by atoms with Crippen LogP contribution in [0.25, 0.3) is 11.0 Å². The maximum Gasteiger partial charge on any atom is 0.371 e. The lowest BCUT2D eigenvalue weighted by Gasteiger charge is -2.34. The van der Waals surface area contributed by atoms with Crippen LogP contribution in [0.3, 0.4) is 0 Å². The predicted octanol–water partition coefficient (Wildman–Crippen LogP) is 5.59. The second-order valence-electron chi connectivity index (χ2n) is 6.49. The van der Waals surface area contributed by atoms with Gasteiger partial charge in [0.1, 0.15) is 17.4 Å². The summed E-state index contributed by atoms with van der Waals surface area (Å²) < 4.78 is 12.3. The van der Waals surface area contributed by atoms with E-state index in [0.29, 0.717) is 10.6 Å². The second kappa shape index (κ2) is 7.44. The van der Waals surface area contributed by atoms with Gasteiger partial charge in [0.25, 0.3) is 0 Å². The van der Waals surface area contributed by atoms with E-state index in [1.165, 1.54) is 0 Å². The lowest BCUT2D eigenvalue weighted by molar-refractivity contribution is 0.0665. The van der Waals surface area contributed by atoms with Crippen LogP contribution >= 0.6 is 27.5 Å². The van der Waals surface area contributed by atoms with Crippen molar-refractivity contribution in [2.24, 2.45) is 0 Å². The first-order valence-corrected chi connectivity index (χ1v) is 9.81. The summed E-state index contributed by atoms with van der Waals surface area (Å²) in [6, 6.07) is 12.8. The van der Waals surface area contributed by atoms with Gasteiger partial charge in [0.2, 0.25) is 5.76 Å². The van der Waals surface area contributed by atoms with Crippen molar-refractivity contribution in [1.82, 2.24) is 0 Å². The second-order valence-corrected chi connectivity index (χ2v) is 7.72. The number of rotatable bonds is 4. The number of aromatic carboxylic acids is 1. The van der Waals surface area contributed by atoms with E-state index in [9.17, 15) is 4.79 Å². The van der Waals surface area contributed by atoms with Crippen LogP contribution in [0.15, 0.2) is 51.4 Å². The Labute approximate surface area is 169 Å². The van der Waals surface area contributed by atoms with E-state index in [4.69, 9.17) is 25.9 Å². The normalized spacial score (nSPS) is 15.3. The molecule has 1 aliphatic rings. The molecule has 140 valence electrons. The molecule has 0 atom stereocenters. The van der Waals surface area contributed by atoms with Gasteiger partial charge in [0.15, 0.2) is 0 Å². The van der Waals surface area contributed by atoms with Gasteiger partial charge in [-0.15, -0.1) is 0 Å². The minimum atomic E-state index is -1.07. The molecule has 0 amide bonds. The van der Waals surface area contributed by atoms with Crippen molar-refractivity contribution < 1.29 is 19.1 Å². The molecule has 2 aromatic carbocycles. The Bertz CT molecular complexity index is 995. The number of ether oxygens (including phenoxy) is 1. The molecule has 1 aromatic heterocycles. The van der Waals surface area contributed by atoms with Crippen LogP contribution in [-0.2, 0) is 0 Å². The molecular formula is C20H17BrClNO4. The van der Waals surface area contributed by atoms with E-state index < -0.39 is 5.97 Å². The number of nitrogens with zero attached hydrogens (tertiary/aromatic N) is 1. The minimum absolute atomic E-state index is 0.0588. The highest BCUT2D eigenvalue weighted by molar-refractivity contribution is 9.10. The summed E-state index contributed by atoms with van der Waals surface area (Å²) in [6.45, 7) is 1.69. The molecule has 0 spiro atoms. The summed E-state index contributed by atoms with van der Waals surface area (Å²) in [7, 11) is 0. The molecule has 1 fully saturated rings. The molecule has 1 aliphatic heterocycles. The summed E-state index contributed by atoms with van der Waals surface area (Å²) >= 11 is 9.63. The van der Waals surface area contributed by atoms with E-state index in [2.05, 4.69) is 20.8 Å². The molecule has 4 rings (SSSR count). The maximum atomic E-state index is 11.1. The first-order valence-electron chi connectivity index (χ1n) is 8.64. The number of hydrogen-bond donors (Lipinski definition) is 1. The Morgan fingerprint density at radius 1 is 1.22 bits per heavy atom. The molecule has 0 unspecified atom stereocenters. The first kappa shape index (κ1) is 18.2. The Hall–Kier alpha value is -2.18. The lowest BCUT2D eigenvalue weighted by atomic mass is 10.1. The highest BCUT2D eigenvalue weighted by atomic mass is 79.9. The standard InChI is InChI=1S/C20H17BrClNO4/c21-19-15-11-18(20(24)25)27-17(15)5-4-16(19)23-8-6-13(7-9-23)26-14-3-1-2-12(22)10-14/h1-5,10-11,13H,6-9H2,(H,24,25). The van der Waals surface area contributed by atoms with Crippen LogP contribution in [0.2, 0.25) is 5.02 Å². The molecule has 1 N–H and O–H groups in total. The highest BCUT2D eigenvalue weighted by Gasteiger charge is 2.24. The van der Waals surface area contributed by atoms with Crippen molar-refractivity contribution in [1.29, 1.82) is 0 Å². The number of furan rings is 1.